The number of nitrogens with one attached hydrogen (secondary N) is 1. The maximum atomic E-state index is 12.3. The molecule has 0 aromatic carbocycles. The molecule has 0 saturated heterocycles. The number of aromatic nitrogens is 4. The van der Waals surface area contributed by atoms with E-state index in [1.807, 2.05) is 6.92 Å². The second kappa shape index (κ2) is 8.17. The SMILES string of the molecule is CCC(C(=O)NCCCn1nc(C)c(Cl)c1Cl)n1cc(Br)cn1. The molecule has 9 heteroatoms. The van der Waals surface area contributed by atoms with E-state index in [9.17, 15) is 4.79 Å². The third kappa shape index (κ3) is 4.49. The monoisotopic (exact) mass is 421 g/mol. The zero-order valence-electron chi connectivity index (χ0n) is 12.9. The van der Waals surface area contributed by atoms with Gasteiger partial charge in [0.2, 0.25) is 5.91 Å². The molecule has 0 fully saturated rings. The van der Waals surface area contributed by atoms with Crippen LogP contribution in [0.1, 0.15) is 31.5 Å². The van der Waals surface area contributed by atoms with Gasteiger partial charge in [0.25, 0.3) is 0 Å². The molecule has 2 rings (SSSR count). The number of nitrogens with zero attached hydrogens (tertiary/aromatic N) is 4. The Morgan fingerprint density at radius 3 is 2.74 bits per heavy atom. The van der Waals surface area contributed by atoms with Crippen LogP contribution < -0.4 is 5.32 Å². The van der Waals surface area contributed by atoms with Crippen LogP contribution >= 0.6 is 39.1 Å². The third-order valence-corrected chi connectivity index (χ3v) is 4.76. The van der Waals surface area contributed by atoms with Gasteiger partial charge in [-0.1, -0.05) is 30.1 Å². The topological polar surface area (TPSA) is 64.7 Å². The predicted octanol–water partition coefficient (Wildman–Crippen LogP) is 3.61. The molecule has 0 aliphatic heterocycles. The Morgan fingerprint density at radius 1 is 1.48 bits per heavy atom. The van der Waals surface area contributed by atoms with Crippen LogP contribution in [0.2, 0.25) is 10.2 Å². The Labute approximate surface area is 153 Å². The maximum Gasteiger partial charge on any atom is 0.244 e. The molecule has 0 bridgehead atoms. The molecule has 126 valence electrons. The molecule has 23 heavy (non-hydrogen) atoms. The molecule has 0 radical (unpaired) electrons. The van der Waals surface area contributed by atoms with Crippen LogP contribution in [0, 0.1) is 6.92 Å². The van der Waals surface area contributed by atoms with Gasteiger partial charge in [0.15, 0.2) is 0 Å². The van der Waals surface area contributed by atoms with E-state index >= 15 is 0 Å². The first-order valence-corrected chi connectivity index (χ1v) is 8.84. The second-order valence-electron chi connectivity index (χ2n) is 5.12. The summed E-state index contributed by atoms with van der Waals surface area (Å²) in [5.41, 5.74) is 0.705. The Bertz CT molecular complexity index is 685. The Balaban J connectivity index is 1.83. The number of halogens is 3. The standard InChI is InChI=1S/C14H18BrCl2N5O/c1-3-11(22-8-10(15)7-19-22)14(23)18-5-4-6-21-13(17)12(16)9(2)20-21/h7-8,11H,3-6H2,1-2H3,(H,18,23). The van der Waals surface area contributed by atoms with Crippen molar-refractivity contribution < 1.29 is 4.79 Å². The smallest absolute Gasteiger partial charge is 0.244 e. The van der Waals surface area contributed by atoms with Crippen molar-refractivity contribution in [3.63, 3.8) is 0 Å². The molecule has 6 nitrogen and oxygen atoms in total. The second-order valence-corrected chi connectivity index (χ2v) is 6.77. The third-order valence-electron chi connectivity index (χ3n) is 3.42. The fraction of sp³-hybridized carbons (Fsp3) is 0.500. The van der Waals surface area contributed by atoms with Gasteiger partial charge in [-0.15, -0.1) is 0 Å². The van der Waals surface area contributed by atoms with Crippen molar-refractivity contribution >= 4 is 45.0 Å². The summed E-state index contributed by atoms with van der Waals surface area (Å²) in [6.45, 7) is 4.88. The number of carbonyl (C=O) groups is 1. The van der Waals surface area contributed by atoms with Gasteiger partial charge in [-0.05, 0) is 35.7 Å². The first-order chi connectivity index (χ1) is 10.9. The van der Waals surface area contributed by atoms with E-state index in [1.165, 1.54) is 0 Å². The molecule has 0 spiro atoms. The number of hydrogen-bond donors (Lipinski definition) is 1. The molecule has 1 amide bonds. The Hall–Kier alpha value is -1.05. The molecule has 2 aromatic heterocycles. The van der Waals surface area contributed by atoms with Gasteiger partial charge in [0.1, 0.15) is 16.2 Å². The van der Waals surface area contributed by atoms with E-state index in [4.69, 9.17) is 23.2 Å². The summed E-state index contributed by atoms with van der Waals surface area (Å²) in [5, 5.41) is 12.3. The van der Waals surface area contributed by atoms with Crippen molar-refractivity contribution in [2.75, 3.05) is 6.54 Å². The van der Waals surface area contributed by atoms with Crippen LogP contribution in [0.3, 0.4) is 0 Å². The fourth-order valence-electron chi connectivity index (χ4n) is 2.22. The highest BCUT2D eigenvalue weighted by Crippen LogP contribution is 2.24. The molecule has 1 atom stereocenters. The number of amides is 1. The number of rotatable bonds is 7. The summed E-state index contributed by atoms with van der Waals surface area (Å²) in [7, 11) is 0. The van der Waals surface area contributed by atoms with Crippen molar-refractivity contribution in [1.29, 1.82) is 0 Å². The Morgan fingerprint density at radius 2 is 2.22 bits per heavy atom. The van der Waals surface area contributed by atoms with Crippen LogP contribution in [0.5, 0.6) is 0 Å². The van der Waals surface area contributed by atoms with E-state index in [2.05, 4.69) is 31.4 Å². The average Bonchev–Trinajstić information content (AvgIpc) is 3.04. The lowest BCUT2D eigenvalue weighted by molar-refractivity contribution is -0.124. The van der Waals surface area contributed by atoms with E-state index in [-0.39, 0.29) is 11.9 Å². The summed E-state index contributed by atoms with van der Waals surface area (Å²) in [5.74, 6) is -0.0520. The number of aryl methyl sites for hydroxylation is 2. The van der Waals surface area contributed by atoms with Gasteiger partial charge < -0.3 is 5.32 Å². The largest absolute Gasteiger partial charge is 0.354 e. The van der Waals surface area contributed by atoms with Crippen molar-refractivity contribution in [3.05, 3.63) is 32.7 Å². The fourth-order valence-corrected chi connectivity index (χ4v) is 2.91. The van der Waals surface area contributed by atoms with Crippen LogP contribution in [0.25, 0.3) is 0 Å². The minimum absolute atomic E-state index is 0.0520. The Kier molecular flexibility index (Phi) is 6.50. The number of carbonyl (C=O) groups excluding carboxylic acids is 1. The predicted molar refractivity (Wildman–Crippen MR) is 93.9 cm³/mol. The first kappa shape index (κ1) is 18.3. The highest BCUT2D eigenvalue weighted by Gasteiger charge is 2.18. The van der Waals surface area contributed by atoms with Crippen LogP contribution in [0.4, 0.5) is 0 Å². The van der Waals surface area contributed by atoms with Crippen LogP contribution in [-0.2, 0) is 11.3 Å². The van der Waals surface area contributed by atoms with Crippen molar-refractivity contribution in [2.24, 2.45) is 0 Å². The molecule has 1 unspecified atom stereocenters. The van der Waals surface area contributed by atoms with Crippen LogP contribution in [-0.4, -0.2) is 32.0 Å². The van der Waals surface area contributed by atoms with Gasteiger partial charge in [0.05, 0.1) is 16.4 Å². The average molecular weight is 423 g/mol. The summed E-state index contributed by atoms with van der Waals surface area (Å²) >= 11 is 15.4. The van der Waals surface area contributed by atoms with Gasteiger partial charge in [-0.2, -0.15) is 10.2 Å². The van der Waals surface area contributed by atoms with E-state index in [0.29, 0.717) is 41.8 Å². The van der Waals surface area contributed by atoms with Gasteiger partial charge in [0, 0.05) is 19.3 Å². The molecule has 0 aliphatic carbocycles. The lowest BCUT2D eigenvalue weighted by Crippen LogP contribution is -2.33. The maximum absolute atomic E-state index is 12.3. The van der Waals surface area contributed by atoms with Crippen molar-refractivity contribution in [3.8, 4) is 0 Å². The highest BCUT2D eigenvalue weighted by atomic mass is 79.9. The molecular weight excluding hydrogens is 405 g/mol. The summed E-state index contributed by atoms with van der Waals surface area (Å²) in [6, 6.07) is -0.314. The highest BCUT2D eigenvalue weighted by molar-refractivity contribution is 9.10. The van der Waals surface area contributed by atoms with Gasteiger partial charge in [-0.25, -0.2) is 0 Å². The molecule has 0 aliphatic rings. The molecule has 1 N–H and O–H groups in total. The van der Waals surface area contributed by atoms with Crippen LogP contribution in [0.15, 0.2) is 16.9 Å². The quantitative estimate of drug-likeness (QED) is 0.693. The van der Waals surface area contributed by atoms with Gasteiger partial charge in [-0.3, -0.25) is 14.2 Å². The summed E-state index contributed by atoms with van der Waals surface area (Å²) < 4.78 is 4.16. The zero-order chi connectivity index (χ0) is 17.0. The van der Waals surface area contributed by atoms with Gasteiger partial charge >= 0.3 is 0 Å². The normalized spacial score (nSPS) is 12.4. The lowest BCUT2D eigenvalue weighted by Gasteiger charge is -2.15. The zero-order valence-corrected chi connectivity index (χ0v) is 16.0. The molecule has 0 saturated carbocycles. The molecular formula is C14H18BrCl2N5O. The van der Waals surface area contributed by atoms with E-state index < -0.39 is 0 Å². The van der Waals surface area contributed by atoms with E-state index in [0.717, 1.165) is 4.47 Å². The minimum atomic E-state index is -0.314. The molecule has 2 heterocycles. The van der Waals surface area contributed by atoms with E-state index in [1.54, 1.807) is 28.7 Å². The first-order valence-electron chi connectivity index (χ1n) is 7.29. The van der Waals surface area contributed by atoms with Crippen molar-refractivity contribution in [2.45, 2.75) is 39.3 Å². The summed E-state index contributed by atoms with van der Waals surface area (Å²) in [4.78, 5) is 12.3. The summed E-state index contributed by atoms with van der Waals surface area (Å²) in [6.07, 6.45) is 4.84. The lowest BCUT2D eigenvalue weighted by atomic mass is 10.2. The van der Waals surface area contributed by atoms with Crippen molar-refractivity contribution in [1.82, 2.24) is 24.9 Å². The molecule has 2 aromatic rings. The minimum Gasteiger partial charge on any atom is -0.354 e. The number of hydrogen-bond acceptors (Lipinski definition) is 3.